The van der Waals surface area contributed by atoms with Gasteiger partial charge in [-0.05, 0) is 18.6 Å². The highest BCUT2D eigenvalue weighted by Gasteiger charge is 2.25. The normalized spacial score (nSPS) is 12.4. The van der Waals surface area contributed by atoms with E-state index in [-0.39, 0.29) is 7.43 Å². The molecule has 1 aromatic carbocycles. The minimum absolute atomic E-state index is 0. The van der Waals surface area contributed by atoms with Gasteiger partial charge in [0.2, 0.25) is 0 Å². The summed E-state index contributed by atoms with van der Waals surface area (Å²) in [5.74, 6) is 1.90. The van der Waals surface area contributed by atoms with Crippen LogP contribution in [0, 0.1) is 0 Å². The average molecular weight is 286 g/mol. The number of benzene rings is 1. The number of hydrogen-bond donors (Lipinski definition) is 0. The van der Waals surface area contributed by atoms with Crippen molar-refractivity contribution in [2.24, 2.45) is 0 Å². The minimum atomic E-state index is -1.41. The summed E-state index contributed by atoms with van der Waals surface area (Å²) >= 11 is 0. The topological polar surface area (TPSA) is 18.5 Å². The molecule has 1 atom stereocenters. The first kappa shape index (κ1) is 17.5. The van der Waals surface area contributed by atoms with Gasteiger partial charge in [-0.2, -0.15) is 0 Å². The van der Waals surface area contributed by atoms with Gasteiger partial charge in [0.15, 0.2) is 0 Å². The van der Waals surface area contributed by atoms with Crippen LogP contribution in [0.1, 0.15) is 40.0 Å². The second-order valence-corrected chi connectivity index (χ2v) is 5.87. The molecule has 2 nitrogen and oxygen atoms in total. The molecule has 4 heteroatoms. The fraction of sp³-hybridized carbons (Fsp3) is 0.571. The summed E-state index contributed by atoms with van der Waals surface area (Å²) < 4.78 is 11.6. The van der Waals surface area contributed by atoms with Crippen molar-refractivity contribution in [2.45, 2.75) is 46.1 Å². The van der Waals surface area contributed by atoms with Gasteiger partial charge in [-0.3, -0.25) is 0 Å². The van der Waals surface area contributed by atoms with E-state index in [4.69, 9.17) is 8.85 Å². The standard InChI is InChI=1S/C12H18O2Si.CH5P.CH4/c1-2-3-4-7-10-15-13-11-8-5-6-9-12(11)14-15;1-2;/h5-6,8-9,15H,2-4,7,10H2,1H3;2H2,1H3;1H4. The highest BCUT2D eigenvalue weighted by atomic mass is 31.0. The molecule has 0 saturated carbocycles. The average Bonchev–Trinajstić information content (AvgIpc) is 2.80. The van der Waals surface area contributed by atoms with Gasteiger partial charge < -0.3 is 8.85 Å². The van der Waals surface area contributed by atoms with Crippen molar-refractivity contribution in [3.05, 3.63) is 24.3 Å². The van der Waals surface area contributed by atoms with Crippen LogP contribution < -0.4 is 8.85 Å². The van der Waals surface area contributed by atoms with Crippen molar-refractivity contribution in [3.8, 4) is 11.5 Å². The molecule has 2 rings (SSSR count). The Balaban J connectivity index is 0.000000917. The van der Waals surface area contributed by atoms with E-state index in [1.165, 1.54) is 25.7 Å². The summed E-state index contributed by atoms with van der Waals surface area (Å²) in [4.78, 5) is 0. The predicted octanol–water partition coefficient (Wildman–Crippen LogP) is 4.39. The maximum Gasteiger partial charge on any atom is 0.444 e. The van der Waals surface area contributed by atoms with E-state index < -0.39 is 9.28 Å². The van der Waals surface area contributed by atoms with Gasteiger partial charge in [0.05, 0.1) is 0 Å². The van der Waals surface area contributed by atoms with E-state index >= 15 is 0 Å². The minimum Gasteiger partial charge on any atom is -0.511 e. The van der Waals surface area contributed by atoms with E-state index in [2.05, 4.69) is 16.2 Å². The highest BCUT2D eigenvalue weighted by molar-refractivity contribution is 7.15. The highest BCUT2D eigenvalue weighted by Crippen LogP contribution is 2.33. The van der Waals surface area contributed by atoms with E-state index in [1.54, 1.807) is 0 Å². The first-order valence-electron chi connectivity index (χ1n) is 6.40. The fourth-order valence-electron chi connectivity index (χ4n) is 1.81. The zero-order valence-corrected chi connectivity index (χ0v) is 13.1. The van der Waals surface area contributed by atoms with Gasteiger partial charge in [0, 0.05) is 6.04 Å². The molecule has 0 N–H and O–H groups in total. The third kappa shape index (κ3) is 5.41. The predicted molar refractivity (Wildman–Crippen MR) is 86.2 cm³/mol. The summed E-state index contributed by atoms with van der Waals surface area (Å²) in [7, 11) is 1.01. The quantitative estimate of drug-likeness (QED) is 0.454. The van der Waals surface area contributed by atoms with E-state index in [9.17, 15) is 0 Å². The van der Waals surface area contributed by atoms with E-state index in [1.807, 2.05) is 30.9 Å². The molecule has 0 bridgehead atoms. The van der Waals surface area contributed by atoms with Crippen LogP contribution >= 0.6 is 9.24 Å². The maximum atomic E-state index is 5.80. The molecule has 0 spiro atoms. The van der Waals surface area contributed by atoms with Crippen LogP contribution in [0.25, 0.3) is 0 Å². The summed E-state index contributed by atoms with van der Waals surface area (Å²) in [5, 5.41) is 0. The molecular weight excluding hydrogens is 259 g/mol. The number of hydrogen-bond acceptors (Lipinski definition) is 2. The first-order valence-corrected chi connectivity index (χ1v) is 9.31. The van der Waals surface area contributed by atoms with Crippen LogP contribution in [0.15, 0.2) is 24.3 Å². The maximum absolute atomic E-state index is 5.80. The fourth-order valence-corrected chi connectivity index (χ4v) is 3.67. The molecule has 0 fully saturated rings. The van der Waals surface area contributed by atoms with E-state index in [0.29, 0.717) is 0 Å². The lowest BCUT2D eigenvalue weighted by molar-refractivity contribution is 0.489. The third-order valence-corrected chi connectivity index (χ3v) is 4.57. The van der Waals surface area contributed by atoms with Gasteiger partial charge in [-0.1, -0.05) is 52.4 Å². The number of para-hydroxylation sites is 2. The number of rotatable bonds is 5. The van der Waals surface area contributed by atoms with Crippen LogP contribution in [-0.4, -0.2) is 15.9 Å². The monoisotopic (exact) mass is 286 g/mol. The van der Waals surface area contributed by atoms with Crippen molar-refractivity contribution in [3.63, 3.8) is 0 Å². The van der Waals surface area contributed by atoms with Gasteiger partial charge in [0.1, 0.15) is 11.5 Å². The van der Waals surface area contributed by atoms with Crippen LogP contribution in [-0.2, 0) is 0 Å². The van der Waals surface area contributed by atoms with Gasteiger partial charge >= 0.3 is 9.28 Å². The molecule has 1 aromatic rings. The molecule has 1 heterocycles. The Kier molecular flexibility index (Phi) is 10.1. The van der Waals surface area contributed by atoms with Crippen LogP contribution in [0.5, 0.6) is 11.5 Å². The molecule has 0 aromatic heterocycles. The summed E-state index contributed by atoms with van der Waals surface area (Å²) in [6.07, 6.45) is 5.17. The van der Waals surface area contributed by atoms with Gasteiger partial charge in [-0.15, -0.1) is 9.24 Å². The SMILES string of the molecule is C.CCCCCC[SiH]1Oc2ccccc2O1.CP. The molecule has 0 radical (unpaired) electrons. The number of unbranched alkanes of at least 4 members (excludes halogenated alkanes) is 3. The van der Waals surface area contributed by atoms with E-state index in [0.717, 1.165) is 17.5 Å². The third-order valence-electron chi connectivity index (χ3n) is 2.66. The Hall–Kier alpha value is -0.533. The Labute approximate surface area is 116 Å². The Morgan fingerprint density at radius 2 is 1.56 bits per heavy atom. The lowest BCUT2D eigenvalue weighted by Crippen LogP contribution is -2.23. The second-order valence-electron chi connectivity index (χ2n) is 3.96. The van der Waals surface area contributed by atoms with Gasteiger partial charge in [-0.25, -0.2) is 0 Å². The van der Waals surface area contributed by atoms with Crippen molar-refractivity contribution in [1.29, 1.82) is 0 Å². The molecule has 0 saturated heterocycles. The van der Waals surface area contributed by atoms with Crippen LogP contribution in [0.4, 0.5) is 0 Å². The molecule has 1 unspecified atom stereocenters. The Bertz CT molecular complexity index is 295. The first-order chi connectivity index (χ1) is 8.40. The van der Waals surface area contributed by atoms with Crippen LogP contribution in [0.2, 0.25) is 6.04 Å². The lowest BCUT2D eigenvalue weighted by atomic mass is 10.2. The molecule has 104 valence electrons. The van der Waals surface area contributed by atoms with Crippen LogP contribution in [0.3, 0.4) is 0 Å². The molecule has 0 aliphatic carbocycles. The summed E-state index contributed by atoms with van der Waals surface area (Å²) in [6.45, 7) is 4.15. The zero-order chi connectivity index (χ0) is 12.5. The summed E-state index contributed by atoms with van der Waals surface area (Å²) in [6, 6.07) is 9.11. The molecule has 1 aliphatic heterocycles. The molecular formula is C14H27O2PSi. The summed E-state index contributed by atoms with van der Waals surface area (Å²) in [5.41, 5.74) is 0. The van der Waals surface area contributed by atoms with Crippen molar-refractivity contribution >= 4 is 18.5 Å². The second kappa shape index (κ2) is 10.4. The lowest BCUT2D eigenvalue weighted by Gasteiger charge is -2.06. The zero-order valence-electron chi connectivity index (χ0n) is 10.8. The smallest absolute Gasteiger partial charge is 0.444 e. The Morgan fingerprint density at radius 3 is 2.06 bits per heavy atom. The molecule has 18 heavy (non-hydrogen) atoms. The largest absolute Gasteiger partial charge is 0.511 e. The number of fused-ring (bicyclic) bond motifs is 1. The van der Waals surface area contributed by atoms with Gasteiger partial charge in [0.25, 0.3) is 0 Å². The van der Waals surface area contributed by atoms with Crippen molar-refractivity contribution in [1.82, 2.24) is 0 Å². The Morgan fingerprint density at radius 1 is 1.00 bits per heavy atom. The molecule has 1 aliphatic rings. The molecule has 0 amide bonds. The van der Waals surface area contributed by atoms with Crippen molar-refractivity contribution < 1.29 is 8.85 Å². The van der Waals surface area contributed by atoms with Crippen molar-refractivity contribution in [2.75, 3.05) is 6.66 Å².